The van der Waals surface area contributed by atoms with E-state index in [4.69, 9.17) is 5.11 Å². The fourth-order valence-corrected chi connectivity index (χ4v) is 3.35. The van der Waals surface area contributed by atoms with E-state index in [0.29, 0.717) is 18.9 Å². The van der Waals surface area contributed by atoms with Crippen LogP contribution < -0.4 is 5.32 Å². The molecule has 2 N–H and O–H groups in total. The first-order valence-electron chi connectivity index (χ1n) is 8.73. The molecule has 1 aromatic carbocycles. The van der Waals surface area contributed by atoms with Gasteiger partial charge < -0.3 is 10.4 Å². The van der Waals surface area contributed by atoms with Gasteiger partial charge in [0.1, 0.15) is 0 Å². The minimum absolute atomic E-state index is 0.136. The van der Waals surface area contributed by atoms with Gasteiger partial charge in [0.15, 0.2) is 0 Å². The largest absolute Gasteiger partial charge is 0.481 e. The normalized spacial score (nSPS) is 16.6. The number of carbonyl (C=O) groups is 2. The number of carboxylic acids is 1. The van der Waals surface area contributed by atoms with Crippen LogP contribution >= 0.6 is 0 Å². The molecular formula is C19H27NO3. The molecule has 0 aliphatic heterocycles. The second-order valence-corrected chi connectivity index (χ2v) is 6.40. The van der Waals surface area contributed by atoms with Crippen LogP contribution in [0.1, 0.15) is 68.4 Å². The lowest BCUT2D eigenvalue weighted by molar-refractivity contribution is -0.137. The van der Waals surface area contributed by atoms with E-state index in [1.807, 2.05) is 0 Å². The number of carboxylic acid groups (broad SMARTS) is 1. The van der Waals surface area contributed by atoms with E-state index in [1.165, 1.54) is 17.5 Å². The highest BCUT2D eigenvalue weighted by atomic mass is 16.4. The Morgan fingerprint density at radius 3 is 2.74 bits per heavy atom. The number of unbranched alkanes of at least 4 members (excludes halogenated alkanes) is 3. The number of aryl methyl sites for hydroxylation is 1. The summed E-state index contributed by atoms with van der Waals surface area (Å²) in [4.78, 5) is 22.5. The van der Waals surface area contributed by atoms with Crippen molar-refractivity contribution in [2.24, 2.45) is 0 Å². The van der Waals surface area contributed by atoms with Crippen molar-refractivity contribution in [1.82, 2.24) is 5.32 Å². The highest BCUT2D eigenvalue weighted by Gasteiger charge is 2.21. The molecule has 0 saturated carbocycles. The molecule has 0 heterocycles. The van der Waals surface area contributed by atoms with E-state index in [2.05, 4.69) is 29.6 Å². The average Bonchev–Trinajstić information content (AvgIpc) is 2.54. The van der Waals surface area contributed by atoms with Crippen molar-refractivity contribution in [2.45, 2.75) is 63.7 Å². The number of rotatable bonds is 9. The van der Waals surface area contributed by atoms with Crippen molar-refractivity contribution in [3.8, 4) is 0 Å². The zero-order chi connectivity index (χ0) is 16.5. The molecule has 4 heteroatoms. The first kappa shape index (κ1) is 17.5. The van der Waals surface area contributed by atoms with Gasteiger partial charge in [-0.25, -0.2) is 0 Å². The number of hydrogen-bond acceptors (Lipinski definition) is 2. The van der Waals surface area contributed by atoms with Gasteiger partial charge in [-0.3, -0.25) is 9.59 Å². The summed E-state index contributed by atoms with van der Waals surface area (Å²) in [7, 11) is 0. The van der Waals surface area contributed by atoms with Crippen molar-refractivity contribution in [2.75, 3.05) is 6.54 Å². The van der Waals surface area contributed by atoms with Crippen LogP contribution in [-0.2, 0) is 16.0 Å². The monoisotopic (exact) mass is 317 g/mol. The Morgan fingerprint density at radius 2 is 1.91 bits per heavy atom. The van der Waals surface area contributed by atoms with Crippen LogP contribution in [0.3, 0.4) is 0 Å². The summed E-state index contributed by atoms with van der Waals surface area (Å²) < 4.78 is 0. The molecule has 1 atom stereocenters. The summed E-state index contributed by atoms with van der Waals surface area (Å²) >= 11 is 0. The third-order valence-corrected chi connectivity index (χ3v) is 4.57. The van der Waals surface area contributed by atoms with Gasteiger partial charge in [-0.1, -0.05) is 37.1 Å². The molecule has 4 nitrogen and oxygen atoms in total. The standard InChI is InChI=1S/C19H27NO3/c21-18(20-13-6-2-1-3-12-19(22)23)14-16-10-7-9-15-8-4-5-11-17(15)16/h4-5,8,11,16H,1-3,6-7,9-10,12-14H2,(H,20,21)(H,22,23). The summed E-state index contributed by atoms with van der Waals surface area (Å²) in [6, 6.07) is 8.48. The molecule has 1 aromatic rings. The van der Waals surface area contributed by atoms with Crippen molar-refractivity contribution < 1.29 is 14.7 Å². The lowest BCUT2D eigenvalue weighted by atomic mass is 9.81. The number of hydrogen-bond donors (Lipinski definition) is 2. The van der Waals surface area contributed by atoms with Crippen LogP contribution in [0.4, 0.5) is 0 Å². The van der Waals surface area contributed by atoms with Gasteiger partial charge in [-0.15, -0.1) is 0 Å². The smallest absolute Gasteiger partial charge is 0.303 e. The Balaban J connectivity index is 1.63. The SMILES string of the molecule is O=C(O)CCCCCCNC(=O)CC1CCCc2ccccc21. The molecule has 1 aliphatic carbocycles. The van der Waals surface area contributed by atoms with E-state index in [-0.39, 0.29) is 12.3 Å². The first-order valence-corrected chi connectivity index (χ1v) is 8.73. The lowest BCUT2D eigenvalue weighted by Crippen LogP contribution is -2.27. The maximum atomic E-state index is 12.1. The van der Waals surface area contributed by atoms with Gasteiger partial charge in [0.25, 0.3) is 0 Å². The topological polar surface area (TPSA) is 66.4 Å². The molecular weight excluding hydrogens is 290 g/mol. The number of nitrogens with one attached hydrogen (secondary N) is 1. The van der Waals surface area contributed by atoms with Gasteiger partial charge in [0.2, 0.25) is 5.91 Å². The molecule has 1 aliphatic rings. The van der Waals surface area contributed by atoms with Gasteiger partial charge >= 0.3 is 5.97 Å². The third kappa shape index (κ3) is 6.05. The quantitative estimate of drug-likeness (QED) is 0.683. The Morgan fingerprint density at radius 1 is 1.13 bits per heavy atom. The van der Waals surface area contributed by atoms with E-state index in [0.717, 1.165) is 38.5 Å². The van der Waals surface area contributed by atoms with Crippen LogP contribution in [0.5, 0.6) is 0 Å². The highest BCUT2D eigenvalue weighted by molar-refractivity contribution is 5.77. The molecule has 0 saturated heterocycles. The predicted molar refractivity (Wildman–Crippen MR) is 90.5 cm³/mol. The minimum Gasteiger partial charge on any atom is -0.481 e. The van der Waals surface area contributed by atoms with Crippen LogP contribution in [0, 0.1) is 0 Å². The molecule has 0 aromatic heterocycles. The summed E-state index contributed by atoms with van der Waals surface area (Å²) in [6.07, 6.45) is 7.75. The number of fused-ring (bicyclic) bond motifs is 1. The van der Waals surface area contributed by atoms with E-state index in [1.54, 1.807) is 0 Å². The number of amides is 1. The van der Waals surface area contributed by atoms with Gasteiger partial charge in [0.05, 0.1) is 0 Å². The van der Waals surface area contributed by atoms with E-state index < -0.39 is 5.97 Å². The molecule has 0 fully saturated rings. The van der Waals surface area contributed by atoms with Gasteiger partial charge in [0, 0.05) is 19.4 Å². The fourth-order valence-electron chi connectivity index (χ4n) is 3.35. The average molecular weight is 317 g/mol. The molecule has 2 rings (SSSR count). The Hall–Kier alpha value is -1.84. The molecule has 0 spiro atoms. The molecule has 126 valence electrons. The second kappa shape index (κ2) is 9.33. The number of benzene rings is 1. The summed E-state index contributed by atoms with van der Waals surface area (Å²) in [5.74, 6) is -0.237. The van der Waals surface area contributed by atoms with Crippen LogP contribution in [0.15, 0.2) is 24.3 Å². The fraction of sp³-hybridized carbons (Fsp3) is 0.579. The van der Waals surface area contributed by atoms with Crippen molar-refractivity contribution in [1.29, 1.82) is 0 Å². The second-order valence-electron chi connectivity index (χ2n) is 6.40. The van der Waals surface area contributed by atoms with Crippen molar-refractivity contribution in [3.63, 3.8) is 0 Å². The molecule has 1 amide bonds. The molecule has 1 unspecified atom stereocenters. The van der Waals surface area contributed by atoms with Crippen molar-refractivity contribution >= 4 is 11.9 Å². The third-order valence-electron chi connectivity index (χ3n) is 4.57. The Kier molecular flexibility index (Phi) is 7.11. The Bertz CT molecular complexity index is 527. The first-order chi connectivity index (χ1) is 11.2. The predicted octanol–water partition coefficient (Wildman–Crippen LogP) is 3.65. The summed E-state index contributed by atoms with van der Waals surface area (Å²) in [5, 5.41) is 11.6. The van der Waals surface area contributed by atoms with Crippen LogP contribution in [0.2, 0.25) is 0 Å². The van der Waals surface area contributed by atoms with E-state index in [9.17, 15) is 9.59 Å². The highest BCUT2D eigenvalue weighted by Crippen LogP contribution is 2.33. The van der Waals surface area contributed by atoms with E-state index >= 15 is 0 Å². The maximum absolute atomic E-state index is 12.1. The summed E-state index contributed by atoms with van der Waals surface area (Å²) in [6.45, 7) is 0.695. The number of aliphatic carboxylic acids is 1. The molecule has 0 radical (unpaired) electrons. The number of carbonyl (C=O) groups excluding carboxylic acids is 1. The molecule has 0 bridgehead atoms. The molecule has 23 heavy (non-hydrogen) atoms. The zero-order valence-electron chi connectivity index (χ0n) is 13.7. The lowest BCUT2D eigenvalue weighted by Gasteiger charge is -2.25. The van der Waals surface area contributed by atoms with Crippen LogP contribution in [0.25, 0.3) is 0 Å². The zero-order valence-corrected chi connectivity index (χ0v) is 13.7. The van der Waals surface area contributed by atoms with Crippen molar-refractivity contribution in [3.05, 3.63) is 35.4 Å². The minimum atomic E-state index is -0.730. The van der Waals surface area contributed by atoms with Crippen LogP contribution in [-0.4, -0.2) is 23.5 Å². The Labute approximate surface area is 138 Å². The van der Waals surface area contributed by atoms with Gasteiger partial charge in [-0.2, -0.15) is 0 Å². The maximum Gasteiger partial charge on any atom is 0.303 e. The summed E-state index contributed by atoms with van der Waals surface area (Å²) in [5.41, 5.74) is 2.75. The van der Waals surface area contributed by atoms with Gasteiger partial charge in [-0.05, 0) is 49.1 Å².